The zero-order valence-corrected chi connectivity index (χ0v) is 18.2. The number of guanidine groups is 1. The molecular formula is C24H33N5O. The number of carbonyl (C=O) groups is 1. The van der Waals surface area contributed by atoms with Gasteiger partial charge in [0.25, 0.3) is 0 Å². The highest BCUT2D eigenvalue weighted by molar-refractivity contribution is 5.89. The van der Waals surface area contributed by atoms with E-state index in [1.165, 1.54) is 18.4 Å². The normalized spacial score (nSPS) is 14.9. The molecule has 0 saturated heterocycles. The first-order valence-electron chi connectivity index (χ1n) is 10.7. The lowest BCUT2D eigenvalue weighted by Gasteiger charge is -2.19. The largest absolute Gasteiger partial charge is 0.357 e. The second kappa shape index (κ2) is 10.1. The summed E-state index contributed by atoms with van der Waals surface area (Å²) >= 11 is 0. The van der Waals surface area contributed by atoms with Crippen LogP contribution in [0.4, 0.5) is 10.5 Å². The Balaban J connectivity index is 1.55. The Morgan fingerprint density at radius 3 is 2.33 bits per heavy atom. The van der Waals surface area contributed by atoms with Gasteiger partial charge in [-0.2, -0.15) is 0 Å². The van der Waals surface area contributed by atoms with Crippen molar-refractivity contribution in [3.8, 4) is 0 Å². The number of benzene rings is 2. The van der Waals surface area contributed by atoms with Crippen molar-refractivity contribution < 1.29 is 4.79 Å². The molecule has 0 radical (unpaired) electrons. The summed E-state index contributed by atoms with van der Waals surface area (Å²) in [5, 5.41) is 12.5. The van der Waals surface area contributed by atoms with Gasteiger partial charge in [0.15, 0.2) is 5.96 Å². The van der Waals surface area contributed by atoms with Crippen LogP contribution in [0, 0.1) is 0 Å². The molecule has 1 aliphatic rings. The minimum Gasteiger partial charge on any atom is -0.357 e. The van der Waals surface area contributed by atoms with Gasteiger partial charge in [-0.25, -0.2) is 9.79 Å². The highest BCUT2D eigenvalue weighted by atomic mass is 16.2. The molecule has 1 fully saturated rings. The predicted molar refractivity (Wildman–Crippen MR) is 124 cm³/mol. The molecule has 6 nitrogen and oxygen atoms in total. The Morgan fingerprint density at radius 2 is 1.73 bits per heavy atom. The summed E-state index contributed by atoms with van der Waals surface area (Å²) in [6.45, 7) is 8.22. The van der Waals surface area contributed by atoms with Gasteiger partial charge in [0, 0.05) is 30.2 Å². The fraction of sp³-hybridized carbons (Fsp3) is 0.417. The number of rotatable bonds is 8. The average molecular weight is 408 g/mol. The number of hydrogen-bond acceptors (Lipinski definition) is 2. The number of nitrogens with one attached hydrogen (secondary N) is 4. The lowest BCUT2D eigenvalue weighted by molar-refractivity contribution is 0.250. The first kappa shape index (κ1) is 21.7. The van der Waals surface area contributed by atoms with E-state index in [-0.39, 0.29) is 17.5 Å². The summed E-state index contributed by atoms with van der Waals surface area (Å²) in [5.41, 5.74) is 3.50. The fourth-order valence-corrected chi connectivity index (χ4v) is 3.40. The van der Waals surface area contributed by atoms with Crippen LogP contribution in [0.2, 0.25) is 0 Å². The Hall–Kier alpha value is -3.02. The third kappa shape index (κ3) is 6.24. The van der Waals surface area contributed by atoms with Gasteiger partial charge >= 0.3 is 6.03 Å². The molecule has 2 aromatic rings. The zero-order valence-electron chi connectivity index (χ0n) is 18.2. The minimum atomic E-state index is -0.193. The second-order valence-electron chi connectivity index (χ2n) is 8.15. The van der Waals surface area contributed by atoms with E-state index in [0.717, 1.165) is 30.3 Å². The highest BCUT2D eigenvalue weighted by Gasteiger charge is 2.43. The Labute approximate surface area is 179 Å². The standard InChI is InChI=1S/C24H33N5O/c1-4-25-22(27-17-24(14-15-24)20-8-6-5-7-9-20)26-16-19-10-12-21(13-11-19)29-23(30)28-18(2)3/h5-13,18H,4,14-17H2,1-3H3,(H2,25,26,27)(H2,28,29,30). The molecule has 3 rings (SSSR count). The van der Waals surface area contributed by atoms with E-state index in [4.69, 9.17) is 4.99 Å². The number of carbonyl (C=O) groups excluding carboxylic acids is 1. The number of hydrogen-bond donors (Lipinski definition) is 4. The number of anilines is 1. The van der Waals surface area contributed by atoms with Crippen molar-refractivity contribution in [2.45, 2.75) is 51.6 Å². The van der Waals surface area contributed by atoms with Crippen molar-refractivity contribution in [2.75, 3.05) is 18.4 Å². The van der Waals surface area contributed by atoms with Gasteiger partial charge in [-0.15, -0.1) is 0 Å². The van der Waals surface area contributed by atoms with Crippen molar-refractivity contribution in [3.63, 3.8) is 0 Å². The van der Waals surface area contributed by atoms with E-state index in [0.29, 0.717) is 6.54 Å². The third-order valence-corrected chi connectivity index (χ3v) is 5.23. The maximum atomic E-state index is 11.8. The van der Waals surface area contributed by atoms with E-state index < -0.39 is 0 Å². The molecule has 4 N–H and O–H groups in total. The second-order valence-corrected chi connectivity index (χ2v) is 8.15. The molecule has 6 heteroatoms. The molecule has 1 aliphatic carbocycles. The summed E-state index contributed by atoms with van der Waals surface area (Å²) < 4.78 is 0. The van der Waals surface area contributed by atoms with E-state index in [9.17, 15) is 4.79 Å². The van der Waals surface area contributed by atoms with Crippen LogP contribution in [0.3, 0.4) is 0 Å². The smallest absolute Gasteiger partial charge is 0.319 e. The quantitative estimate of drug-likeness (QED) is 0.394. The molecule has 0 atom stereocenters. The molecule has 0 aromatic heterocycles. The number of aliphatic imine (C=N–C) groups is 1. The topological polar surface area (TPSA) is 77.5 Å². The van der Waals surface area contributed by atoms with E-state index in [2.05, 4.69) is 58.5 Å². The average Bonchev–Trinajstić information content (AvgIpc) is 3.52. The fourth-order valence-electron chi connectivity index (χ4n) is 3.40. The van der Waals surface area contributed by atoms with Crippen molar-refractivity contribution in [2.24, 2.45) is 4.99 Å². The van der Waals surface area contributed by atoms with Crippen LogP contribution in [0.15, 0.2) is 59.6 Å². The van der Waals surface area contributed by atoms with Gasteiger partial charge in [0.05, 0.1) is 6.54 Å². The van der Waals surface area contributed by atoms with Crippen LogP contribution in [0.5, 0.6) is 0 Å². The van der Waals surface area contributed by atoms with Gasteiger partial charge < -0.3 is 21.3 Å². The lowest BCUT2D eigenvalue weighted by atomic mass is 9.96. The van der Waals surface area contributed by atoms with E-state index in [1.54, 1.807) is 0 Å². The van der Waals surface area contributed by atoms with Crippen LogP contribution in [0.1, 0.15) is 44.7 Å². The maximum Gasteiger partial charge on any atom is 0.319 e. The Kier molecular flexibility index (Phi) is 7.33. The molecule has 0 spiro atoms. The molecular weight excluding hydrogens is 374 g/mol. The number of nitrogens with zero attached hydrogens (tertiary/aromatic N) is 1. The SMILES string of the molecule is CCNC(=NCc1ccc(NC(=O)NC(C)C)cc1)NCC1(c2ccccc2)CC1. The molecule has 30 heavy (non-hydrogen) atoms. The maximum absolute atomic E-state index is 11.8. The van der Waals surface area contributed by atoms with Crippen LogP contribution >= 0.6 is 0 Å². The van der Waals surface area contributed by atoms with E-state index >= 15 is 0 Å². The molecule has 2 amide bonds. The Morgan fingerprint density at radius 1 is 1.03 bits per heavy atom. The Bertz CT molecular complexity index is 842. The van der Waals surface area contributed by atoms with Crippen LogP contribution in [-0.2, 0) is 12.0 Å². The lowest BCUT2D eigenvalue weighted by Crippen LogP contribution is -2.41. The summed E-state index contributed by atoms with van der Waals surface area (Å²) in [6, 6.07) is 18.4. The van der Waals surface area contributed by atoms with Crippen LogP contribution < -0.4 is 21.3 Å². The summed E-state index contributed by atoms with van der Waals surface area (Å²) in [7, 11) is 0. The molecule has 1 saturated carbocycles. The van der Waals surface area contributed by atoms with Gasteiger partial charge in [0.1, 0.15) is 0 Å². The van der Waals surface area contributed by atoms with Gasteiger partial charge in [0.2, 0.25) is 0 Å². The molecule has 0 unspecified atom stereocenters. The van der Waals surface area contributed by atoms with Crippen LogP contribution in [0.25, 0.3) is 0 Å². The zero-order chi connectivity index (χ0) is 21.4. The minimum absolute atomic E-state index is 0.104. The summed E-state index contributed by atoms with van der Waals surface area (Å²) in [5.74, 6) is 0.832. The first-order valence-corrected chi connectivity index (χ1v) is 10.7. The predicted octanol–water partition coefficient (Wildman–Crippen LogP) is 4.00. The highest BCUT2D eigenvalue weighted by Crippen LogP contribution is 2.47. The van der Waals surface area contributed by atoms with Crippen molar-refractivity contribution in [1.82, 2.24) is 16.0 Å². The summed E-state index contributed by atoms with van der Waals surface area (Å²) in [6.07, 6.45) is 2.42. The van der Waals surface area contributed by atoms with Gasteiger partial charge in [-0.3, -0.25) is 0 Å². The van der Waals surface area contributed by atoms with Crippen LogP contribution in [-0.4, -0.2) is 31.1 Å². The number of urea groups is 1. The molecule has 0 aliphatic heterocycles. The van der Waals surface area contributed by atoms with Crippen molar-refractivity contribution >= 4 is 17.7 Å². The van der Waals surface area contributed by atoms with Gasteiger partial charge in [-0.05, 0) is 56.9 Å². The molecule has 2 aromatic carbocycles. The van der Waals surface area contributed by atoms with Gasteiger partial charge in [-0.1, -0.05) is 42.5 Å². The number of amides is 2. The first-order chi connectivity index (χ1) is 14.5. The monoisotopic (exact) mass is 407 g/mol. The molecule has 0 heterocycles. The molecule has 0 bridgehead atoms. The van der Waals surface area contributed by atoms with Crippen molar-refractivity contribution in [3.05, 3.63) is 65.7 Å². The third-order valence-electron chi connectivity index (χ3n) is 5.23. The molecule has 160 valence electrons. The summed E-state index contributed by atoms with van der Waals surface area (Å²) in [4.78, 5) is 16.5. The van der Waals surface area contributed by atoms with Crippen molar-refractivity contribution in [1.29, 1.82) is 0 Å². The van der Waals surface area contributed by atoms with E-state index in [1.807, 2.05) is 38.1 Å².